The van der Waals surface area contributed by atoms with Gasteiger partial charge < -0.3 is 5.73 Å². The Morgan fingerprint density at radius 2 is 1.91 bits per heavy atom. The number of hydrogen-bond donors (Lipinski definition) is 1. The van der Waals surface area contributed by atoms with Crippen molar-refractivity contribution in [1.29, 1.82) is 0 Å². The summed E-state index contributed by atoms with van der Waals surface area (Å²) in [4.78, 5) is 0. The molecule has 1 fully saturated rings. The number of hydrogen-bond acceptors (Lipinski definition) is 1. The van der Waals surface area contributed by atoms with E-state index in [1.165, 1.54) is 19.3 Å². The zero-order valence-corrected chi connectivity index (χ0v) is 8.01. The maximum Gasteiger partial charge on any atom is 0.00673 e. The zero-order valence-electron chi connectivity index (χ0n) is 8.01. The normalized spacial score (nSPS) is 45.8. The lowest BCUT2D eigenvalue weighted by Crippen LogP contribution is -2.40. The van der Waals surface area contributed by atoms with Crippen LogP contribution in [0.1, 0.15) is 40.0 Å². The zero-order chi connectivity index (χ0) is 8.43. The molecule has 0 saturated heterocycles. The van der Waals surface area contributed by atoms with E-state index in [4.69, 9.17) is 5.73 Å². The van der Waals surface area contributed by atoms with Gasteiger partial charge in [-0.3, -0.25) is 0 Å². The van der Waals surface area contributed by atoms with Gasteiger partial charge in [-0.15, -0.1) is 0 Å². The van der Waals surface area contributed by atoms with Gasteiger partial charge in [0.25, 0.3) is 0 Å². The van der Waals surface area contributed by atoms with Crippen molar-refractivity contribution in [3.05, 3.63) is 0 Å². The van der Waals surface area contributed by atoms with Gasteiger partial charge in [0.2, 0.25) is 0 Å². The van der Waals surface area contributed by atoms with Crippen molar-refractivity contribution >= 4 is 0 Å². The molecule has 0 heterocycles. The summed E-state index contributed by atoms with van der Waals surface area (Å²) in [6, 6.07) is 0.469. The second kappa shape index (κ2) is 3.57. The Morgan fingerprint density at radius 1 is 1.27 bits per heavy atom. The second-order valence-electron chi connectivity index (χ2n) is 4.15. The summed E-state index contributed by atoms with van der Waals surface area (Å²) >= 11 is 0. The Kier molecular flexibility index (Phi) is 2.94. The molecule has 0 aromatic rings. The molecule has 11 heavy (non-hydrogen) atoms. The largest absolute Gasteiger partial charge is 0.327 e. The van der Waals surface area contributed by atoms with Gasteiger partial charge in [-0.25, -0.2) is 0 Å². The molecule has 1 aliphatic carbocycles. The molecular formula is C10H21N. The van der Waals surface area contributed by atoms with Gasteiger partial charge in [-0.2, -0.15) is 0 Å². The van der Waals surface area contributed by atoms with Crippen LogP contribution in [0.25, 0.3) is 0 Å². The minimum atomic E-state index is 0.469. The monoisotopic (exact) mass is 155 g/mol. The van der Waals surface area contributed by atoms with Crippen LogP contribution in [0.4, 0.5) is 0 Å². The molecular weight excluding hydrogens is 134 g/mol. The summed E-state index contributed by atoms with van der Waals surface area (Å²) < 4.78 is 0. The van der Waals surface area contributed by atoms with Crippen molar-refractivity contribution in [1.82, 2.24) is 0 Å². The van der Waals surface area contributed by atoms with Gasteiger partial charge in [0.05, 0.1) is 0 Å². The lowest BCUT2D eigenvalue weighted by atomic mass is 9.70. The molecule has 0 spiro atoms. The Balaban J connectivity index is 2.55. The molecule has 0 aromatic heterocycles. The minimum Gasteiger partial charge on any atom is -0.327 e. The highest BCUT2D eigenvalue weighted by Crippen LogP contribution is 2.35. The molecule has 0 amide bonds. The Labute approximate surface area is 70.4 Å². The SMILES string of the molecule is CCC1C(C)CCC(N)C1C. The van der Waals surface area contributed by atoms with Crippen LogP contribution in [0.3, 0.4) is 0 Å². The lowest BCUT2D eigenvalue weighted by Gasteiger charge is -2.38. The summed E-state index contributed by atoms with van der Waals surface area (Å²) in [5, 5.41) is 0. The molecule has 0 bridgehead atoms. The van der Waals surface area contributed by atoms with E-state index in [1.807, 2.05) is 0 Å². The van der Waals surface area contributed by atoms with E-state index in [9.17, 15) is 0 Å². The molecule has 1 aliphatic rings. The summed E-state index contributed by atoms with van der Waals surface area (Å²) in [5.41, 5.74) is 6.01. The second-order valence-corrected chi connectivity index (χ2v) is 4.15. The third-order valence-electron chi connectivity index (χ3n) is 3.51. The quantitative estimate of drug-likeness (QED) is 0.618. The molecule has 4 atom stereocenters. The van der Waals surface area contributed by atoms with Crippen molar-refractivity contribution in [3.8, 4) is 0 Å². The van der Waals surface area contributed by atoms with Crippen molar-refractivity contribution in [2.75, 3.05) is 0 Å². The summed E-state index contributed by atoms with van der Waals surface area (Å²) in [7, 11) is 0. The van der Waals surface area contributed by atoms with Crippen molar-refractivity contribution in [2.45, 2.75) is 46.1 Å². The van der Waals surface area contributed by atoms with Crippen molar-refractivity contribution in [2.24, 2.45) is 23.5 Å². The number of rotatable bonds is 1. The lowest BCUT2D eigenvalue weighted by molar-refractivity contribution is 0.150. The molecule has 0 aromatic carbocycles. The van der Waals surface area contributed by atoms with E-state index >= 15 is 0 Å². The molecule has 0 radical (unpaired) electrons. The van der Waals surface area contributed by atoms with Crippen LogP contribution in [0.5, 0.6) is 0 Å². The Hall–Kier alpha value is -0.0400. The fourth-order valence-electron chi connectivity index (χ4n) is 2.54. The van der Waals surface area contributed by atoms with Crippen LogP contribution in [0, 0.1) is 17.8 Å². The van der Waals surface area contributed by atoms with Crippen molar-refractivity contribution < 1.29 is 0 Å². The summed E-state index contributed by atoms with van der Waals surface area (Å²) in [6.07, 6.45) is 3.87. The highest BCUT2D eigenvalue weighted by atomic mass is 14.7. The average Bonchev–Trinajstić information content (AvgIpc) is 1.99. The van der Waals surface area contributed by atoms with E-state index in [2.05, 4.69) is 20.8 Å². The predicted octanol–water partition coefficient (Wildman–Crippen LogP) is 2.41. The van der Waals surface area contributed by atoms with Crippen LogP contribution in [0.15, 0.2) is 0 Å². The van der Waals surface area contributed by atoms with Gasteiger partial charge in [-0.1, -0.05) is 27.2 Å². The molecule has 0 aliphatic heterocycles. The smallest absolute Gasteiger partial charge is 0.00673 e. The van der Waals surface area contributed by atoms with Gasteiger partial charge in [-0.05, 0) is 30.6 Å². The van der Waals surface area contributed by atoms with E-state index in [0.29, 0.717) is 6.04 Å². The molecule has 1 nitrogen and oxygen atoms in total. The Morgan fingerprint density at radius 3 is 2.36 bits per heavy atom. The van der Waals surface area contributed by atoms with Gasteiger partial charge in [0.1, 0.15) is 0 Å². The van der Waals surface area contributed by atoms with Crippen LogP contribution in [-0.2, 0) is 0 Å². The minimum absolute atomic E-state index is 0.469. The average molecular weight is 155 g/mol. The molecule has 66 valence electrons. The molecule has 1 heteroatoms. The third-order valence-corrected chi connectivity index (χ3v) is 3.51. The van der Waals surface area contributed by atoms with Crippen LogP contribution < -0.4 is 5.73 Å². The molecule has 4 unspecified atom stereocenters. The van der Waals surface area contributed by atoms with Crippen LogP contribution in [0.2, 0.25) is 0 Å². The summed E-state index contributed by atoms with van der Waals surface area (Å²) in [5.74, 6) is 2.51. The van der Waals surface area contributed by atoms with E-state index in [1.54, 1.807) is 0 Å². The topological polar surface area (TPSA) is 26.0 Å². The first-order valence-corrected chi connectivity index (χ1v) is 4.92. The standard InChI is InChI=1S/C10H21N/c1-4-9-7(2)5-6-10(11)8(9)3/h7-10H,4-6,11H2,1-3H3. The molecule has 1 saturated carbocycles. The highest BCUT2D eigenvalue weighted by Gasteiger charge is 2.30. The first-order valence-electron chi connectivity index (χ1n) is 4.92. The maximum absolute atomic E-state index is 6.01. The number of nitrogens with two attached hydrogens (primary N) is 1. The van der Waals surface area contributed by atoms with E-state index in [-0.39, 0.29) is 0 Å². The Bertz CT molecular complexity index is 122. The highest BCUT2D eigenvalue weighted by molar-refractivity contribution is 4.84. The van der Waals surface area contributed by atoms with Crippen LogP contribution >= 0.6 is 0 Å². The van der Waals surface area contributed by atoms with Crippen molar-refractivity contribution in [3.63, 3.8) is 0 Å². The fourth-order valence-corrected chi connectivity index (χ4v) is 2.54. The first kappa shape index (κ1) is 9.05. The fraction of sp³-hybridized carbons (Fsp3) is 1.00. The van der Waals surface area contributed by atoms with Gasteiger partial charge in [0.15, 0.2) is 0 Å². The maximum atomic E-state index is 6.01. The first-order chi connectivity index (χ1) is 5.16. The van der Waals surface area contributed by atoms with E-state index in [0.717, 1.165) is 17.8 Å². The predicted molar refractivity (Wildman–Crippen MR) is 49.3 cm³/mol. The molecule has 1 rings (SSSR count). The molecule has 2 N–H and O–H groups in total. The van der Waals surface area contributed by atoms with E-state index < -0.39 is 0 Å². The summed E-state index contributed by atoms with van der Waals surface area (Å²) in [6.45, 7) is 6.97. The van der Waals surface area contributed by atoms with Crippen LogP contribution in [-0.4, -0.2) is 6.04 Å². The van der Waals surface area contributed by atoms with Gasteiger partial charge >= 0.3 is 0 Å². The third kappa shape index (κ3) is 1.76. The van der Waals surface area contributed by atoms with Gasteiger partial charge in [0, 0.05) is 6.04 Å².